The third-order valence-electron chi connectivity index (χ3n) is 3.89. The number of hydrogen-bond acceptors (Lipinski definition) is 5. The highest BCUT2D eigenvalue weighted by Crippen LogP contribution is 2.35. The molecule has 0 aliphatic carbocycles. The van der Waals surface area contributed by atoms with Crippen LogP contribution >= 0.6 is 11.8 Å². The molecule has 1 amide bonds. The van der Waals surface area contributed by atoms with Gasteiger partial charge in [0.25, 0.3) is 5.91 Å². The number of amides is 1. The summed E-state index contributed by atoms with van der Waals surface area (Å²) >= 11 is 1.72. The lowest BCUT2D eigenvalue weighted by Gasteiger charge is -2.22. The molecular formula is C18H18N2O4S. The van der Waals surface area contributed by atoms with Gasteiger partial charge in [0.15, 0.2) is 5.75 Å². The topological polar surface area (TPSA) is 72.7 Å². The highest BCUT2D eigenvalue weighted by atomic mass is 32.2. The van der Waals surface area contributed by atoms with Crippen molar-refractivity contribution in [1.29, 1.82) is 0 Å². The summed E-state index contributed by atoms with van der Waals surface area (Å²) < 4.78 is 5.28. The number of thioether (sulfide) groups is 1. The van der Waals surface area contributed by atoms with Gasteiger partial charge in [0, 0.05) is 23.1 Å². The zero-order chi connectivity index (χ0) is 17.8. The smallest absolute Gasteiger partial charge is 0.311 e. The largest absolute Gasteiger partial charge is 0.487 e. The van der Waals surface area contributed by atoms with Crippen LogP contribution in [0.1, 0.15) is 23.7 Å². The minimum atomic E-state index is -0.520. The second-order valence-corrected chi connectivity index (χ2v) is 6.64. The van der Waals surface area contributed by atoms with Crippen molar-refractivity contribution in [2.75, 3.05) is 23.8 Å². The lowest BCUT2D eigenvalue weighted by Crippen LogP contribution is -2.31. The number of nitro benzene ring substituents is 1. The Balaban J connectivity index is 1.98. The molecule has 0 saturated heterocycles. The molecule has 0 N–H and O–H groups in total. The van der Waals surface area contributed by atoms with Gasteiger partial charge in [0.1, 0.15) is 0 Å². The van der Waals surface area contributed by atoms with Crippen molar-refractivity contribution in [3.05, 3.63) is 58.1 Å². The summed E-state index contributed by atoms with van der Waals surface area (Å²) in [5, 5.41) is 11.3. The van der Waals surface area contributed by atoms with Crippen LogP contribution in [-0.4, -0.2) is 29.7 Å². The van der Waals surface area contributed by atoms with Crippen molar-refractivity contribution in [1.82, 2.24) is 0 Å². The first-order valence-corrected chi connectivity index (χ1v) is 9.05. The number of para-hydroxylation sites is 1. The molecule has 0 aromatic heterocycles. The van der Waals surface area contributed by atoms with Gasteiger partial charge in [0.05, 0.1) is 17.2 Å². The van der Waals surface area contributed by atoms with Gasteiger partial charge in [-0.15, -0.1) is 11.8 Å². The normalized spacial score (nSPS) is 13.7. The monoisotopic (exact) mass is 358 g/mol. The lowest BCUT2D eigenvalue weighted by molar-refractivity contribution is -0.385. The van der Waals surface area contributed by atoms with Crippen LogP contribution < -0.4 is 9.64 Å². The third kappa shape index (κ3) is 3.61. The minimum absolute atomic E-state index is 0.177. The van der Waals surface area contributed by atoms with E-state index in [1.54, 1.807) is 29.7 Å². The van der Waals surface area contributed by atoms with Gasteiger partial charge < -0.3 is 9.64 Å². The Kier molecular flexibility index (Phi) is 5.23. The molecule has 1 heterocycles. The van der Waals surface area contributed by atoms with Crippen molar-refractivity contribution >= 4 is 29.0 Å². The molecule has 0 fully saturated rings. The number of fused-ring (bicyclic) bond motifs is 1. The average molecular weight is 358 g/mol. The zero-order valence-corrected chi connectivity index (χ0v) is 14.6. The van der Waals surface area contributed by atoms with Gasteiger partial charge in [-0.25, -0.2) is 0 Å². The van der Waals surface area contributed by atoms with E-state index in [0.717, 1.165) is 22.8 Å². The average Bonchev–Trinajstić information content (AvgIpc) is 2.84. The first-order valence-electron chi connectivity index (χ1n) is 8.06. The second-order valence-electron chi connectivity index (χ2n) is 5.50. The van der Waals surface area contributed by atoms with E-state index in [-0.39, 0.29) is 22.9 Å². The molecule has 7 heteroatoms. The van der Waals surface area contributed by atoms with Crippen molar-refractivity contribution in [3.8, 4) is 5.75 Å². The third-order valence-corrected chi connectivity index (χ3v) is 5.04. The number of ether oxygens (including phenoxy) is 1. The first-order chi connectivity index (χ1) is 12.1. The fourth-order valence-corrected chi connectivity index (χ4v) is 3.76. The number of hydrogen-bond donors (Lipinski definition) is 0. The first kappa shape index (κ1) is 17.3. The Bertz CT molecular complexity index is 809. The van der Waals surface area contributed by atoms with E-state index in [2.05, 4.69) is 0 Å². The Morgan fingerprint density at radius 3 is 2.88 bits per heavy atom. The molecule has 3 rings (SSSR count). The Hall–Kier alpha value is -2.54. The predicted octanol–water partition coefficient (Wildman–Crippen LogP) is 4.14. The Labute approximate surface area is 149 Å². The number of carbonyl (C=O) groups is 1. The number of anilines is 1. The lowest BCUT2D eigenvalue weighted by atomic mass is 10.1. The maximum Gasteiger partial charge on any atom is 0.311 e. The van der Waals surface area contributed by atoms with Gasteiger partial charge in [-0.2, -0.15) is 0 Å². The van der Waals surface area contributed by atoms with E-state index in [1.807, 2.05) is 24.3 Å². The quantitative estimate of drug-likeness (QED) is 0.607. The summed E-state index contributed by atoms with van der Waals surface area (Å²) in [6, 6.07) is 12.1. The Morgan fingerprint density at radius 2 is 2.12 bits per heavy atom. The highest BCUT2D eigenvalue weighted by molar-refractivity contribution is 7.99. The minimum Gasteiger partial charge on any atom is -0.487 e. The maximum absolute atomic E-state index is 13.0. The highest BCUT2D eigenvalue weighted by Gasteiger charge is 2.25. The Morgan fingerprint density at radius 1 is 1.32 bits per heavy atom. The summed E-state index contributed by atoms with van der Waals surface area (Å²) in [5.41, 5.74) is 0.952. The number of nitro groups is 1. The van der Waals surface area contributed by atoms with Crippen molar-refractivity contribution in [2.45, 2.75) is 18.2 Å². The molecule has 0 saturated carbocycles. The van der Waals surface area contributed by atoms with Crippen LogP contribution in [0.25, 0.3) is 0 Å². The molecule has 130 valence electrons. The molecular weight excluding hydrogens is 340 g/mol. The van der Waals surface area contributed by atoms with E-state index in [4.69, 9.17) is 4.74 Å². The van der Waals surface area contributed by atoms with Gasteiger partial charge in [-0.05, 0) is 43.4 Å². The summed E-state index contributed by atoms with van der Waals surface area (Å²) in [6.07, 6.45) is 0.865. The van der Waals surface area contributed by atoms with Crippen LogP contribution in [0, 0.1) is 10.1 Å². The summed E-state index contributed by atoms with van der Waals surface area (Å²) in [5.74, 6) is 0.876. The molecule has 1 aliphatic heterocycles. The maximum atomic E-state index is 13.0. The van der Waals surface area contributed by atoms with E-state index < -0.39 is 4.92 Å². The van der Waals surface area contributed by atoms with Gasteiger partial charge >= 0.3 is 5.69 Å². The van der Waals surface area contributed by atoms with Crippen molar-refractivity contribution in [3.63, 3.8) is 0 Å². The van der Waals surface area contributed by atoms with Crippen LogP contribution in [0.15, 0.2) is 47.4 Å². The standard InChI is InChI=1S/C18H18N2O4S/c1-2-24-16-9-8-13(12-15(16)20(22)23)18(21)19-10-5-11-25-17-7-4-3-6-14(17)19/h3-4,6-9,12H,2,5,10-11H2,1H3. The number of benzene rings is 2. The molecule has 0 atom stereocenters. The van der Waals surface area contributed by atoms with E-state index >= 15 is 0 Å². The molecule has 2 aromatic carbocycles. The number of carbonyl (C=O) groups excluding carboxylic acids is 1. The summed E-state index contributed by atoms with van der Waals surface area (Å²) in [7, 11) is 0. The predicted molar refractivity (Wildman–Crippen MR) is 97.7 cm³/mol. The van der Waals surface area contributed by atoms with Gasteiger partial charge in [0.2, 0.25) is 0 Å². The molecule has 6 nitrogen and oxygen atoms in total. The van der Waals surface area contributed by atoms with Crippen LogP contribution in [0.2, 0.25) is 0 Å². The number of nitrogens with zero attached hydrogens (tertiary/aromatic N) is 2. The van der Waals surface area contributed by atoms with E-state index in [1.165, 1.54) is 12.1 Å². The SMILES string of the molecule is CCOc1ccc(C(=O)N2CCCSc3ccccc32)cc1[N+](=O)[O-]. The zero-order valence-electron chi connectivity index (χ0n) is 13.8. The molecule has 2 aromatic rings. The van der Waals surface area contributed by atoms with Crippen molar-refractivity contribution < 1.29 is 14.5 Å². The van der Waals surface area contributed by atoms with Crippen LogP contribution in [0.3, 0.4) is 0 Å². The number of rotatable bonds is 4. The van der Waals surface area contributed by atoms with E-state index in [0.29, 0.717) is 13.2 Å². The van der Waals surface area contributed by atoms with Crippen LogP contribution in [0.4, 0.5) is 11.4 Å². The van der Waals surface area contributed by atoms with Gasteiger partial charge in [-0.3, -0.25) is 14.9 Å². The molecule has 1 aliphatic rings. The molecule has 0 radical (unpaired) electrons. The fraction of sp³-hybridized carbons (Fsp3) is 0.278. The molecule has 0 bridgehead atoms. The summed E-state index contributed by atoms with van der Waals surface area (Å²) in [4.78, 5) is 26.5. The van der Waals surface area contributed by atoms with E-state index in [9.17, 15) is 14.9 Å². The second kappa shape index (κ2) is 7.57. The van der Waals surface area contributed by atoms with Crippen LogP contribution in [0.5, 0.6) is 5.75 Å². The fourth-order valence-electron chi connectivity index (χ4n) is 2.76. The van der Waals surface area contributed by atoms with Gasteiger partial charge in [-0.1, -0.05) is 12.1 Å². The van der Waals surface area contributed by atoms with Crippen molar-refractivity contribution in [2.24, 2.45) is 0 Å². The molecule has 25 heavy (non-hydrogen) atoms. The molecule has 0 spiro atoms. The molecule has 0 unspecified atom stereocenters. The summed E-state index contributed by atoms with van der Waals surface area (Å²) in [6.45, 7) is 2.67. The van der Waals surface area contributed by atoms with Crippen LogP contribution in [-0.2, 0) is 0 Å².